The van der Waals surface area contributed by atoms with Crippen molar-refractivity contribution in [3.05, 3.63) is 64.8 Å². The molecule has 32 heavy (non-hydrogen) atoms. The van der Waals surface area contributed by atoms with Gasteiger partial charge in [0.25, 0.3) is 0 Å². The van der Waals surface area contributed by atoms with Crippen LogP contribution in [0.15, 0.2) is 58.3 Å². The highest BCUT2D eigenvalue weighted by atomic mass is 79.9. The number of halogens is 2. The molecule has 0 amide bonds. The van der Waals surface area contributed by atoms with Crippen molar-refractivity contribution in [1.82, 2.24) is 24.2 Å². The molecule has 0 radical (unpaired) electrons. The molecular formula is C22H21BrFN5O2S. The standard InChI is InChI=1S/C22H21BrFN5O2S/c1-13-15-10-17(24)16(23)11-19(15)29(21-25-8-5-9-26-21)20(13)18-7-6-14(12-27-18)32(30,31)28-22(2,3)4/h5-12,28H,1-4H3. The van der Waals surface area contributed by atoms with Gasteiger partial charge in [-0.1, -0.05) is 0 Å². The summed E-state index contributed by atoms with van der Waals surface area (Å²) in [5.74, 6) is 0.00735. The van der Waals surface area contributed by atoms with Crippen LogP contribution in [0.25, 0.3) is 28.2 Å². The van der Waals surface area contributed by atoms with Crippen LogP contribution < -0.4 is 4.72 Å². The molecule has 0 unspecified atom stereocenters. The van der Waals surface area contributed by atoms with Crippen molar-refractivity contribution in [2.75, 3.05) is 0 Å². The Kier molecular flexibility index (Phi) is 5.64. The maximum Gasteiger partial charge on any atom is 0.242 e. The fourth-order valence-corrected chi connectivity index (χ4v) is 5.19. The van der Waals surface area contributed by atoms with Gasteiger partial charge in [0, 0.05) is 29.5 Å². The van der Waals surface area contributed by atoms with Crippen molar-refractivity contribution in [2.24, 2.45) is 0 Å². The third-order valence-corrected chi connectivity index (χ3v) is 7.10. The highest BCUT2D eigenvalue weighted by Crippen LogP contribution is 2.36. The lowest BCUT2D eigenvalue weighted by Crippen LogP contribution is -2.40. The molecule has 4 aromatic rings. The average Bonchev–Trinajstić information content (AvgIpc) is 2.99. The van der Waals surface area contributed by atoms with Gasteiger partial charge in [0.05, 0.1) is 21.4 Å². The Morgan fingerprint density at radius 2 is 1.78 bits per heavy atom. The van der Waals surface area contributed by atoms with Crippen LogP contribution in [0.3, 0.4) is 0 Å². The van der Waals surface area contributed by atoms with Crippen molar-refractivity contribution in [1.29, 1.82) is 0 Å². The Hall–Kier alpha value is -2.69. The Morgan fingerprint density at radius 3 is 2.38 bits per heavy atom. The zero-order chi connectivity index (χ0) is 23.3. The molecule has 4 rings (SSSR count). The summed E-state index contributed by atoms with van der Waals surface area (Å²) in [5.41, 5.74) is 2.01. The van der Waals surface area contributed by atoms with Crippen molar-refractivity contribution >= 4 is 36.9 Å². The summed E-state index contributed by atoms with van der Waals surface area (Å²) < 4.78 is 44.3. The van der Waals surface area contributed by atoms with E-state index >= 15 is 0 Å². The molecule has 3 aromatic heterocycles. The number of sulfonamides is 1. The number of aromatic nitrogens is 4. The van der Waals surface area contributed by atoms with Crippen LogP contribution in [-0.2, 0) is 10.0 Å². The normalized spacial score (nSPS) is 12.4. The zero-order valence-corrected chi connectivity index (χ0v) is 20.3. The number of fused-ring (bicyclic) bond motifs is 1. The SMILES string of the molecule is Cc1c(-c2ccc(S(=O)(=O)NC(C)(C)C)cn2)n(-c2ncccn2)c2cc(Br)c(F)cc12. The molecule has 3 heterocycles. The molecule has 0 saturated carbocycles. The molecule has 0 atom stereocenters. The first-order chi connectivity index (χ1) is 15.0. The first-order valence-electron chi connectivity index (χ1n) is 9.76. The van der Waals surface area contributed by atoms with Gasteiger partial charge in [-0.2, -0.15) is 0 Å². The Labute approximate surface area is 193 Å². The fourth-order valence-electron chi connectivity index (χ4n) is 3.50. The predicted octanol–water partition coefficient (Wildman–Crippen LogP) is 4.77. The number of rotatable bonds is 4. The minimum Gasteiger partial charge on any atom is -0.276 e. The third kappa shape index (κ3) is 4.17. The maximum absolute atomic E-state index is 14.3. The molecule has 166 valence electrons. The van der Waals surface area contributed by atoms with Crippen LogP contribution in [0.4, 0.5) is 4.39 Å². The van der Waals surface area contributed by atoms with Gasteiger partial charge in [-0.05, 0) is 79.5 Å². The molecule has 0 aliphatic rings. The summed E-state index contributed by atoms with van der Waals surface area (Å²) >= 11 is 3.25. The summed E-state index contributed by atoms with van der Waals surface area (Å²) in [7, 11) is -3.72. The molecule has 0 aliphatic heterocycles. The van der Waals surface area contributed by atoms with E-state index in [1.807, 2.05) is 6.92 Å². The quantitative estimate of drug-likeness (QED) is 0.421. The first-order valence-corrected chi connectivity index (χ1v) is 12.0. The summed E-state index contributed by atoms with van der Waals surface area (Å²) in [6.07, 6.45) is 4.55. The first kappa shape index (κ1) is 22.5. The predicted molar refractivity (Wildman–Crippen MR) is 125 cm³/mol. The van der Waals surface area contributed by atoms with Gasteiger partial charge >= 0.3 is 0 Å². The van der Waals surface area contributed by atoms with Crippen molar-refractivity contribution in [3.63, 3.8) is 0 Å². The van der Waals surface area contributed by atoms with Gasteiger partial charge in [-0.25, -0.2) is 27.5 Å². The lowest BCUT2D eigenvalue weighted by molar-refractivity contribution is 0.491. The largest absolute Gasteiger partial charge is 0.276 e. The molecule has 0 aliphatic carbocycles. The monoisotopic (exact) mass is 517 g/mol. The number of hydrogen-bond donors (Lipinski definition) is 1. The van der Waals surface area contributed by atoms with Crippen LogP contribution in [0.1, 0.15) is 26.3 Å². The maximum atomic E-state index is 14.3. The van der Waals surface area contributed by atoms with Crippen LogP contribution >= 0.6 is 15.9 Å². The van der Waals surface area contributed by atoms with Crippen molar-refractivity contribution in [3.8, 4) is 17.3 Å². The van der Waals surface area contributed by atoms with Crippen molar-refractivity contribution in [2.45, 2.75) is 38.1 Å². The molecule has 0 saturated heterocycles. The van der Waals surface area contributed by atoms with Crippen LogP contribution in [0.5, 0.6) is 0 Å². The van der Waals surface area contributed by atoms with Gasteiger partial charge in [0.1, 0.15) is 10.7 Å². The van der Waals surface area contributed by atoms with Crippen molar-refractivity contribution < 1.29 is 12.8 Å². The smallest absolute Gasteiger partial charge is 0.242 e. The van der Waals surface area contributed by atoms with E-state index < -0.39 is 15.6 Å². The lowest BCUT2D eigenvalue weighted by atomic mass is 10.1. The Bertz CT molecular complexity index is 1410. The number of aryl methyl sites for hydroxylation is 1. The molecule has 7 nitrogen and oxygen atoms in total. The number of nitrogens with zero attached hydrogens (tertiary/aromatic N) is 4. The van der Waals surface area contributed by atoms with E-state index in [4.69, 9.17) is 0 Å². The zero-order valence-electron chi connectivity index (χ0n) is 17.9. The molecule has 0 spiro atoms. The minimum absolute atomic E-state index is 0.0567. The lowest BCUT2D eigenvalue weighted by Gasteiger charge is -2.20. The summed E-state index contributed by atoms with van der Waals surface area (Å²) in [5, 5.41) is 0.682. The minimum atomic E-state index is -3.72. The molecule has 0 fully saturated rings. The van der Waals surface area contributed by atoms with E-state index in [-0.39, 0.29) is 10.7 Å². The van der Waals surface area contributed by atoms with Gasteiger partial charge in [0.15, 0.2) is 0 Å². The summed E-state index contributed by atoms with van der Waals surface area (Å²) in [6, 6.07) is 7.95. The van der Waals surface area contributed by atoms with Crippen LogP contribution in [0.2, 0.25) is 0 Å². The van der Waals surface area contributed by atoms with Crippen LogP contribution in [-0.4, -0.2) is 33.5 Å². The van der Waals surface area contributed by atoms with Gasteiger partial charge in [-0.15, -0.1) is 0 Å². The second-order valence-corrected chi connectivity index (χ2v) is 10.9. The highest BCUT2D eigenvalue weighted by Gasteiger charge is 2.24. The molecule has 0 bridgehead atoms. The Morgan fingerprint density at radius 1 is 1.09 bits per heavy atom. The average molecular weight is 518 g/mol. The van der Waals surface area contributed by atoms with E-state index in [0.29, 0.717) is 32.7 Å². The molecule has 1 N–H and O–H groups in total. The van der Waals surface area contributed by atoms with E-state index in [9.17, 15) is 12.8 Å². The van der Waals surface area contributed by atoms with Gasteiger partial charge in [0.2, 0.25) is 16.0 Å². The number of benzene rings is 1. The van der Waals surface area contributed by atoms with E-state index in [1.165, 1.54) is 18.3 Å². The number of pyridine rings is 1. The summed E-state index contributed by atoms with van der Waals surface area (Å²) in [6.45, 7) is 7.17. The highest BCUT2D eigenvalue weighted by molar-refractivity contribution is 9.10. The summed E-state index contributed by atoms with van der Waals surface area (Å²) in [4.78, 5) is 13.2. The van der Waals surface area contributed by atoms with E-state index in [1.54, 1.807) is 55.9 Å². The van der Waals surface area contributed by atoms with Crippen LogP contribution in [0, 0.1) is 12.7 Å². The number of hydrogen-bond acceptors (Lipinski definition) is 5. The molecule has 1 aromatic carbocycles. The third-order valence-electron chi connectivity index (χ3n) is 4.74. The van der Waals surface area contributed by atoms with Gasteiger partial charge in [-0.3, -0.25) is 9.55 Å². The topological polar surface area (TPSA) is 89.8 Å². The fraction of sp³-hybridized carbons (Fsp3) is 0.227. The Balaban J connectivity index is 1.92. The van der Waals surface area contributed by atoms with E-state index in [2.05, 4.69) is 35.6 Å². The number of nitrogens with one attached hydrogen (secondary N) is 1. The second kappa shape index (κ2) is 8.02. The second-order valence-electron chi connectivity index (χ2n) is 8.38. The van der Waals surface area contributed by atoms with E-state index in [0.717, 1.165) is 5.56 Å². The molecular weight excluding hydrogens is 497 g/mol. The molecule has 10 heteroatoms. The van der Waals surface area contributed by atoms with Gasteiger partial charge < -0.3 is 0 Å².